The Morgan fingerprint density at radius 2 is 1.79 bits per heavy atom. The van der Waals surface area contributed by atoms with Crippen LogP contribution in [0.5, 0.6) is 0 Å². The molecule has 0 radical (unpaired) electrons. The second kappa shape index (κ2) is 3.39. The Hall–Kier alpha value is -0.830. The third-order valence-corrected chi connectivity index (χ3v) is 5.44. The molecule has 0 bridgehead atoms. The summed E-state index contributed by atoms with van der Waals surface area (Å²) in [5.41, 5.74) is 0. The normalized spacial score (nSPS) is 26.9. The highest BCUT2D eigenvalue weighted by atomic mass is 32.2. The smallest absolute Gasteiger partial charge is 0.181 e. The summed E-state index contributed by atoms with van der Waals surface area (Å²) in [6.07, 6.45) is 1.86. The molecule has 0 aliphatic heterocycles. The molecule has 0 amide bonds. The lowest BCUT2D eigenvalue weighted by Gasteiger charge is -2.33. The zero-order valence-electron chi connectivity index (χ0n) is 8.18. The van der Waals surface area contributed by atoms with Gasteiger partial charge in [-0.3, -0.25) is 0 Å². The molecule has 1 aromatic rings. The minimum atomic E-state index is -3.05. The van der Waals surface area contributed by atoms with Gasteiger partial charge in [-0.15, -0.1) is 0 Å². The zero-order chi connectivity index (χ0) is 10.2. The van der Waals surface area contributed by atoms with E-state index in [2.05, 4.69) is 0 Å². The highest BCUT2D eigenvalue weighted by molar-refractivity contribution is 7.92. The lowest BCUT2D eigenvalue weighted by molar-refractivity contribution is 0.344. The minimum Gasteiger partial charge on any atom is -0.223 e. The largest absolute Gasteiger partial charge is 0.223 e. The van der Waals surface area contributed by atoms with Crippen molar-refractivity contribution in [2.75, 3.05) is 0 Å². The summed E-state index contributed by atoms with van der Waals surface area (Å²) in [6, 6.07) is 8.75. The lowest BCUT2D eigenvalue weighted by Crippen LogP contribution is -2.36. The molecule has 0 saturated heterocycles. The van der Waals surface area contributed by atoms with E-state index in [1.54, 1.807) is 24.3 Å². The maximum Gasteiger partial charge on any atom is 0.181 e. The Kier molecular flexibility index (Phi) is 2.35. The Morgan fingerprint density at radius 3 is 2.21 bits per heavy atom. The first-order valence-electron chi connectivity index (χ1n) is 4.91. The van der Waals surface area contributed by atoms with E-state index in [4.69, 9.17) is 0 Å². The van der Waals surface area contributed by atoms with Gasteiger partial charge >= 0.3 is 0 Å². The van der Waals surface area contributed by atoms with E-state index in [1.165, 1.54) is 0 Å². The van der Waals surface area contributed by atoms with Crippen LogP contribution in [0.15, 0.2) is 35.2 Å². The van der Waals surface area contributed by atoms with Gasteiger partial charge in [-0.1, -0.05) is 25.1 Å². The van der Waals surface area contributed by atoms with Crippen molar-refractivity contribution in [1.29, 1.82) is 0 Å². The van der Waals surface area contributed by atoms with Crippen molar-refractivity contribution in [2.45, 2.75) is 29.9 Å². The summed E-state index contributed by atoms with van der Waals surface area (Å²) >= 11 is 0. The highest BCUT2D eigenvalue weighted by Gasteiger charge is 2.38. The average molecular weight is 210 g/mol. The maximum atomic E-state index is 12.0. The lowest BCUT2D eigenvalue weighted by atomic mass is 9.87. The summed E-state index contributed by atoms with van der Waals surface area (Å²) in [6.45, 7) is 2.01. The van der Waals surface area contributed by atoms with Gasteiger partial charge in [-0.2, -0.15) is 0 Å². The van der Waals surface area contributed by atoms with Crippen LogP contribution < -0.4 is 0 Å². The van der Waals surface area contributed by atoms with Crippen molar-refractivity contribution in [3.63, 3.8) is 0 Å². The molecule has 1 saturated carbocycles. The minimum absolute atomic E-state index is 0.148. The molecule has 0 unspecified atom stereocenters. The fraction of sp³-hybridized carbons (Fsp3) is 0.455. The Bertz CT molecular complexity index is 408. The van der Waals surface area contributed by atoms with Crippen LogP contribution in [-0.2, 0) is 9.84 Å². The van der Waals surface area contributed by atoms with E-state index in [0.717, 1.165) is 12.8 Å². The third-order valence-electron chi connectivity index (χ3n) is 3.01. The molecule has 0 aromatic heterocycles. The van der Waals surface area contributed by atoms with E-state index in [1.807, 2.05) is 13.0 Å². The van der Waals surface area contributed by atoms with Gasteiger partial charge in [-0.05, 0) is 30.9 Å². The van der Waals surface area contributed by atoms with E-state index >= 15 is 0 Å². The predicted octanol–water partition coefficient (Wildman–Crippen LogP) is 2.26. The van der Waals surface area contributed by atoms with Crippen molar-refractivity contribution in [1.82, 2.24) is 0 Å². The van der Waals surface area contributed by atoms with Gasteiger partial charge in [0, 0.05) is 0 Å². The molecular weight excluding hydrogens is 196 g/mol. The summed E-state index contributed by atoms with van der Waals surface area (Å²) in [5.74, 6) is 0.320. The van der Waals surface area contributed by atoms with Gasteiger partial charge in [0.1, 0.15) is 0 Å². The first-order chi connectivity index (χ1) is 6.62. The first kappa shape index (κ1) is 9.71. The van der Waals surface area contributed by atoms with Crippen LogP contribution in [-0.4, -0.2) is 13.7 Å². The number of rotatable bonds is 2. The molecule has 3 heteroatoms. The van der Waals surface area contributed by atoms with Crippen molar-refractivity contribution >= 4 is 9.84 Å². The Morgan fingerprint density at radius 1 is 1.14 bits per heavy atom. The molecule has 0 heterocycles. The standard InChI is InChI=1S/C11H14O2S/c1-9-7-8-11(9)14(12,13)10-5-3-2-4-6-10/h2-6,9,11H,7-8H2,1H3/t9-,11+/m0/s1. The van der Waals surface area contributed by atoms with E-state index in [-0.39, 0.29) is 5.25 Å². The summed E-state index contributed by atoms with van der Waals surface area (Å²) in [4.78, 5) is 0.469. The van der Waals surface area contributed by atoms with E-state index in [9.17, 15) is 8.42 Å². The fourth-order valence-corrected chi connectivity index (χ4v) is 3.96. The SMILES string of the molecule is C[C@H]1CC[C@H]1S(=O)(=O)c1ccccc1. The van der Waals surface area contributed by atoms with Gasteiger partial charge in [0.25, 0.3) is 0 Å². The molecule has 76 valence electrons. The van der Waals surface area contributed by atoms with Crippen LogP contribution in [0.2, 0.25) is 0 Å². The van der Waals surface area contributed by atoms with Gasteiger partial charge in [0.05, 0.1) is 10.1 Å². The summed E-state index contributed by atoms with van der Waals surface area (Å²) in [5, 5.41) is -0.148. The molecular formula is C11H14O2S. The molecule has 1 aromatic carbocycles. The van der Waals surface area contributed by atoms with E-state index < -0.39 is 9.84 Å². The number of benzene rings is 1. The Labute approximate surface area is 84.9 Å². The second-order valence-corrected chi connectivity index (χ2v) is 6.12. The molecule has 2 nitrogen and oxygen atoms in total. The van der Waals surface area contributed by atoms with Crippen LogP contribution >= 0.6 is 0 Å². The second-order valence-electron chi connectivity index (χ2n) is 3.95. The van der Waals surface area contributed by atoms with Gasteiger partial charge in [-0.25, -0.2) is 8.42 Å². The van der Waals surface area contributed by atoms with Crippen LogP contribution in [0.1, 0.15) is 19.8 Å². The van der Waals surface area contributed by atoms with E-state index in [0.29, 0.717) is 10.8 Å². The van der Waals surface area contributed by atoms with Gasteiger partial charge in [0.15, 0.2) is 9.84 Å². The van der Waals surface area contributed by atoms with Crippen LogP contribution in [0.25, 0.3) is 0 Å². The molecule has 2 rings (SSSR count). The van der Waals surface area contributed by atoms with Crippen molar-refractivity contribution in [2.24, 2.45) is 5.92 Å². The monoisotopic (exact) mass is 210 g/mol. The quantitative estimate of drug-likeness (QED) is 0.750. The molecule has 1 fully saturated rings. The van der Waals surface area contributed by atoms with Crippen LogP contribution in [0.3, 0.4) is 0 Å². The topological polar surface area (TPSA) is 34.1 Å². The molecule has 14 heavy (non-hydrogen) atoms. The first-order valence-corrected chi connectivity index (χ1v) is 6.46. The number of hydrogen-bond donors (Lipinski definition) is 0. The van der Waals surface area contributed by atoms with Crippen LogP contribution in [0, 0.1) is 5.92 Å². The average Bonchev–Trinajstić information content (AvgIpc) is 2.16. The van der Waals surface area contributed by atoms with Gasteiger partial charge < -0.3 is 0 Å². The third kappa shape index (κ3) is 1.46. The number of sulfone groups is 1. The summed E-state index contributed by atoms with van der Waals surface area (Å²) in [7, 11) is -3.05. The molecule has 0 spiro atoms. The zero-order valence-corrected chi connectivity index (χ0v) is 9.00. The van der Waals surface area contributed by atoms with Crippen molar-refractivity contribution < 1.29 is 8.42 Å². The molecule has 0 N–H and O–H groups in total. The maximum absolute atomic E-state index is 12.0. The van der Waals surface area contributed by atoms with Crippen LogP contribution in [0.4, 0.5) is 0 Å². The van der Waals surface area contributed by atoms with Crippen molar-refractivity contribution in [3.05, 3.63) is 30.3 Å². The predicted molar refractivity (Wildman–Crippen MR) is 55.8 cm³/mol. The molecule has 2 atom stereocenters. The fourth-order valence-electron chi connectivity index (χ4n) is 1.88. The molecule has 1 aliphatic carbocycles. The van der Waals surface area contributed by atoms with Crippen molar-refractivity contribution in [3.8, 4) is 0 Å². The highest BCUT2D eigenvalue weighted by Crippen LogP contribution is 2.36. The Balaban J connectivity index is 2.34. The number of hydrogen-bond acceptors (Lipinski definition) is 2. The summed E-state index contributed by atoms with van der Waals surface area (Å²) < 4.78 is 24.0. The molecule has 1 aliphatic rings. The van der Waals surface area contributed by atoms with Gasteiger partial charge in [0.2, 0.25) is 0 Å².